The average molecular weight is 374 g/mol. The number of carbonyl (C=O) groups excluding carboxylic acids is 2. The summed E-state index contributed by atoms with van der Waals surface area (Å²) in [5.74, 6) is -0.239. The van der Waals surface area contributed by atoms with Gasteiger partial charge < -0.3 is 10.2 Å². The highest BCUT2D eigenvalue weighted by Crippen LogP contribution is 2.15. The molecule has 1 aromatic heterocycles. The second-order valence-corrected chi connectivity index (χ2v) is 6.55. The minimum atomic E-state index is -0.576. The lowest BCUT2D eigenvalue weighted by atomic mass is 10.1. The fraction of sp³-hybridized carbons (Fsp3) is 0.350. The van der Waals surface area contributed by atoms with Crippen molar-refractivity contribution >= 4 is 23.4 Å². The third-order valence-corrected chi connectivity index (χ3v) is 4.32. The number of hydrogen-bond acceptors (Lipinski definition) is 3. The normalized spacial score (nSPS) is 11.7. The summed E-state index contributed by atoms with van der Waals surface area (Å²) in [4.78, 5) is 30.9. The lowest BCUT2D eigenvalue weighted by Gasteiger charge is -2.28. The van der Waals surface area contributed by atoms with Gasteiger partial charge >= 0.3 is 0 Å². The van der Waals surface area contributed by atoms with Gasteiger partial charge in [-0.3, -0.25) is 14.6 Å². The van der Waals surface area contributed by atoms with E-state index in [1.807, 2.05) is 37.3 Å². The smallest absolute Gasteiger partial charge is 0.242 e. The van der Waals surface area contributed by atoms with Gasteiger partial charge in [-0.2, -0.15) is 0 Å². The van der Waals surface area contributed by atoms with E-state index in [0.717, 1.165) is 17.7 Å². The van der Waals surface area contributed by atoms with E-state index < -0.39 is 6.04 Å². The fourth-order valence-electron chi connectivity index (χ4n) is 2.55. The third-order valence-electron chi connectivity index (χ3n) is 4.07. The van der Waals surface area contributed by atoms with E-state index in [0.29, 0.717) is 24.5 Å². The number of nitrogens with one attached hydrogen (secondary N) is 1. The quantitative estimate of drug-likeness (QED) is 0.769. The average Bonchev–Trinajstić information content (AvgIpc) is 2.66. The van der Waals surface area contributed by atoms with Crippen LogP contribution in [-0.4, -0.2) is 27.7 Å². The predicted octanol–water partition coefficient (Wildman–Crippen LogP) is 3.57. The third kappa shape index (κ3) is 5.85. The summed E-state index contributed by atoms with van der Waals surface area (Å²) < 4.78 is 0. The summed E-state index contributed by atoms with van der Waals surface area (Å²) in [5.41, 5.74) is 1.71. The molecule has 1 atom stereocenters. The topological polar surface area (TPSA) is 62.3 Å². The van der Waals surface area contributed by atoms with Crippen LogP contribution in [0.2, 0.25) is 5.02 Å². The van der Waals surface area contributed by atoms with E-state index >= 15 is 0 Å². The molecule has 26 heavy (non-hydrogen) atoms. The van der Waals surface area contributed by atoms with E-state index in [1.165, 1.54) is 0 Å². The molecule has 0 saturated carbocycles. The molecular weight excluding hydrogens is 350 g/mol. The van der Waals surface area contributed by atoms with Gasteiger partial charge in [0.25, 0.3) is 0 Å². The van der Waals surface area contributed by atoms with Crippen molar-refractivity contribution in [3.05, 3.63) is 64.9 Å². The van der Waals surface area contributed by atoms with Crippen LogP contribution < -0.4 is 5.32 Å². The molecule has 2 amide bonds. The van der Waals surface area contributed by atoms with Gasteiger partial charge in [-0.25, -0.2) is 0 Å². The van der Waals surface area contributed by atoms with Gasteiger partial charge in [0.15, 0.2) is 0 Å². The SMILES string of the molecule is CCCC(=O)N(Cc1ccc(Cl)cc1)[C@H](C)C(=O)NCc1ccccn1. The summed E-state index contributed by atoms with van der Waals surface area (Å²) in [6.07, 6.45) is 2.83. The second kappa shape index (κ2) is 9.92. The molecule has 0 aliphatic heterocycles. The zero-order valence-corrected chi connectivity index (χ0v) is 15.9. The van der Waals surface area contributed by atoms with Gasteiger partial charge in [0.2, 0.25) is 11.8 Å². The van der Waals surface area contributed by atoms with Crippen LogP contribution in [-0.2, 0) is 22.7 Å². The maximum Gasteiger partial charge on any atom is 0.242 e. The summed E-state index contributed by atoms with van der Waals surface area (Å²) >= 11 is 5.92. The van der Waals surface area contributed by atoms with E-state index in [2.05, 4.69) is 10.3 Å². The molecule has 0 bridgehead atoms. The Hall–Kier alpha value is -2.40. The highest BCUT2D eigenvalue weighted by Gasteiger charge is 2.25. The van der Waals surface area contributed by atoms with Crippen molar-refractivity contribution in [3.8, 4) is 0 Å². The van der Waals surface area contributed by atoms with E-state index in [9.17, 15) is 9.59 Å². The van der Waals surface area contributed by atoms with Crippen LogP contribution in [0.15, 0.2) is 48.7 Å². The molecule has 0 unspecified atom stereocenters. The van der Waals surface area contributed by atoms with Crippen molar-refractivity contribution in [2.75, 3.05) is 0 Å². The van der Waals surface area contributed by atoms with Crippen LogP contribution in [0.5, 0.6) is 0 Å². The molecule has 1 aromatic carbocycles. The van der Waals surface area contributed by atoms with Crippen molar-refractivity contribution in [2.45, 2.75) is 45.8 Å². The van der Waals surface area contributed by atoms with E-state index in [4.69, 9.17) is 11.6 Å². The highest BCUT2D eigenvalue weighted by molar-refractivity contribution is 6.30. The fourth-order valence-corrected chi connectivity index (χ4v) is 2.68. The zero-order chi connectivity index (χ0) is 18.9. The number of amides is 2. The first-order valence-corrected chi connectivity index (χ1v) is 9.10. The number of carbonyl (C=O) groups is 2. The summed E-state index contributed by atoms with van der Waals surface area (Å²) in [7, 11) is 0. The van der Waals surface area contributed by atoms with Crippen molar-refractivity contribution in [1.82, 2.24) is 15.2 Å². The lowest BCUT2D eigenvalue weighted by molar-refractivity contribution is -0.140. The van der Waals surface area contributed by atoms with Crippen LogP contribution in [0, 0.1) is 0 Å². The summed E-state index contributed by atoms with van der Waals surface area (Å²) in [6, 6.07) is 12.3. The maximum atomic E-state index is 12.6. The molecule has 0 aliphatic carbocycles. The Kier molecular flexibility index (Phi) is 7.60. The first kappa shape index (κ1) is 19.9. The molecular formula is C20H24ClN3O2. The molecule has 0 radical (unpaired) electrons. The van der Waals surface area contributed by atoms with Crippen molar-refractivity contribution < 1.29 is 9.59 Å². The first-order valence-electron chi connectivity index (χ1n) is 8.72. The molecule has 1 N–H and O–H groups in total. The number of halogens is 1. The molecule has 0 fully saturated rings. The standard InChI is InChI=1S/C20H24ClN3O2/c1-3-6-19(25)24(14-16-8-10-17(21)11-9-16)15(2)20(26)23-13-18-7-4-5-12-22-18/h4-5,7-12,15H,3,6,13-14H2,1-2H3,(H,23,26)/t15-/m1/s1. The van der Waals surface area contributed by atoms with Gasteiger partial charge in [-0.1, -0.05) is 36.7 Å². The van der Waals surface area contributed by atoms with Crippen LogP contribution >= 0.6 is 11.6 Å². The van der Waals surface area contributed by atoms with Gasteiger partial charge in [0, 0.05) is 24.2 Å². The molecule has 2 aromatic rings. The molecule has 5 nitrogen and oxygen atoms in total. The maximum absolute atomic E-state index is 12.6. The number of aromatic nitrogens is 1. The van der Waals surface area contributed by atoms with Gasteiger partial charge in [0.05, 0.1) is 12.2 Å². The van der Waals surface area contributed by atoms with Crippen LogP contribution in [0.4, 0.5) is 0 Å². The Bertz CT molecular complexity index is 720. The monoisotopic (exact) mass is 373 g/mol. The number of rotatable bonds is 8. The molecule has 138 valence electrons. The van der Waals surface area contributed by atoms with Gasteiger partial charge in [-0.15, -0.1) is 0 Å². The summed E-state index contributed by atoms with van der Waals surface area (Å²) in [5, 5.41) is 3.49. The molecule has 2 rings (SSSR count). The van der Waals surface area contributed by atoms with E-state index in [1.54, 1.807) is 30.2 Å². The van der Waals surface area contributed by atoms with Crippen LogP contribution in [0.3, 0.4) is 0 Å². The Labute approximate surface area is 159 Å². The first-order chi connectivity index (χ1) is 12.5. The number of pyridine rings is 1. The number of hydrogen-bond donors (Lipinski definition) is 1. The van der Waals surface area contributed by atoms with E-state index in [-0.39, 0.29) is 11.8 Å². The number of benzene rings is 1. The largest absolute Gasteiger partial charge is 0.349 e. The Morgan fingerprint density at radius 1 is 1.19 bits per heavy atom. The van der Waals surface area contributed by atoms with Crippen LogP contribution in [0.1, 0.15) is 37.9 Å². The molecule has 0 spiro atoms. The Balaban J connectivity index is 2.05. The van der Waals surface area contributed by atoms with Gasteiger partial charge in [0.1, 0.15) is 6.04 Å². The lowest BCUT2D eigenvalue weighted by Crippen LogP contribution is -2.47. The zero-order valence-electron chi connectivity index (χ0n) is 15.1. The molecule has 6 heteroatoms. The molecule has 0 saturated heterocycles. The molecule has 1 heterocycles. The van der Waals surface area contributed by atoms with Crippen LogP contribution in [0.25, 0.3) is 0 Å². The van der Waals surface area contributed by atoms with Crippen molar-refractivity contribution in [2.24, 2.45) is 0 Å². The highest BCUT2D eigenvalue weighted by atomic mass is 35.5. The predicted molar refractivity (Wildman–Crippen MR) is 102 cm³/mol. The Morgan fingerprint density at radius 2 is 1.92 bits per heavy atom. The number of nitrogens with zero attached hydrogens (tertiary/aromatic N) is 2. The Morgan fingerprint density at radius 3 is 2.54 bits per heavy atom. The molecule has 0 aliphatic rings. The minimum absolute atomic E-state index is 0.0389. The second-order valence-electron chi connectivity index (χ2n) is 6.11. The van der Waals surface area contributed by atoms with Crippen molar-refractivity contribution in [3.63, 3.8) is 0 Å². The minimum Gasteiger partial charge on any atom is -0.349 e. The summed E-state index contributed by atoms with van der Waals surface area (Å²) in [6.45, 7) is 4.40. The van der Waals surface area contributed by atoms with Gasteiger partial charge in [-0.05, 0) is 43.2 Å². The van der Waals surface area contributed by atoms with Crippen molar-refractivity contribution in [1.29, 1.82) is 0 Å².